The number of aliphatic imine (C=N–C) groups is 3. The Morgan fingerprint density at radius 1 is 1.50 bits per heavy atom. The van der Waals surface area contributed by atoms with Gasteiger partial charge in [-0.2, -0.15) is 0 Å². The van der Waals surface area contributed by atoms with Gasteiger partial charge in [-0.1, -0.05) is 12.2 Å². The smallest absolute Gasteiger partial charge is 0.242 e. The first-order valence-corrected chi connectivity index (χ1v) is 3.60. The van der Waals surface area contributed by atoms with E-state index in [4.69, 9.17) is 23.7 Å². The molecular formula is C5H6N6S. The van der Waals surface area contributed by atoms with Gasteiger partial charge in [0.25, 0.3) is 0 Å². The summed E-state index contributed by atoms with van der Waals surface area (Å²) in [4.78, 5) is 12.0. The standard InChI is InChI=1S/C5H6N6S/c6-5(7)10-3-2(4(12)11-5)8-1-9-3/h1H,6-7H2,(H,11,12). The third kappa shape index (κ3) is 1.04. The fourth-order valence-corrected chi connectivity index (χ4v) is 1.25. The Morgan fingerprint density at radius 2 is 2.25 bits per heavy atom. The minimum absolute atomic E-state index is 0.377. The number of thiocarbonyl (C=S) groups is 1. The molecule has 0 saturated heterocycles. The zero-order valence-electron chi connectivity index (χ0n) is 5.98. The Morgan fingerprint density at radius 3 is 3.00 bits per heavy atom. The molecule has 62 valence electrons. The third-order valence-electron chi connectivity index (χ3n) is 1.40. The van der Waals surface area contributed by atoms with E-state index in [1.165, 1.54) is 6.34 Å². The predicted octanol–water partition coefficient (Wildman–Crippen LogP) is -1.67. The van der Waals surface area contributed by atoms with Crippen molar-refractivity contribution in [3.63, 3.8) is 0 Å². The van der Waals surface area contributed by atoms with Crippen LogP contribution in [0.3, 0.4) is 0 Å². The molecule has 0 atom stereocenters. The van der Waals surface area contributed by atoms with Gasteiger partial charge in [-0.05, 0) is 0 Å². The van der Waals surface area contributed by atoms with Gasteiger partial charge in [-0.15, -0.1) is 0 Å². The molecule has 6 nitrogen and oxygen atoms in total. The molecule has 0 fully saturated rings. The Kier molecular flexibility index (Phi) is 1.34. The Hall–Kier alpha value is -1.18. The van der Waals surface area contributed by atoms with Crippen LogP contribution in [0.25, 0.3) is 0 Å². The molecule has 5 N–H and O–H groups in total. The lowest BCUT2D eigenvalue weighted by molar-refractivity contribution is 0.433. The van der Waals surface area contributed by atoms with E-state index in [1.54, 1.807) is 0 Å². The first-order valence-electron chi connectivity index (χ1n) is 3.19. The normalized spacial score (nSPS) is 24.3. The lowest BCUT2D eigenvalue weighted by Crippen LogP contribution is -2.65. The van der Waals surface area contributed by atoms with Crippen LogP contribution in [0.2, 0.25) is 0 Å². The molecule has 12 heavy (non-hydrogen) atoms. The average molecular weight is 182 g/mol. The van der Waals surface area contributed by atoms with Gasteiger partial charge in [0.2, 0.25) is 5.91 Å². The van der Waals surface area contributed by atoms with Crippen LogP contribution in [0, 0.1) is 0 Å². The van der Waals surface area contributed by atoms with E-state index in [1.807, 2.05) is 0 Å². The Bertz CT molecular complexity index is 338. The van der Waals surface area contributed by atoms with Gasteiger partial charge in [0.15, 0.2) is 5.84 Å². The van der Waals surface area contributed by atoms with Crippen LogP contribution in [0.15, 0.2) is 15.0 Å². The lowest BCUT2D eigenvalue weighted by Gasteiger charge is -2.26. The van der Waals surface area contributed by atoms with Gasteiger partial charge in [0.1, 0.15) is 17.0 Å². The van der Waals surface area contributed by atoms with Crippen molar-refractivity contribution >= 4 is 35.1 Å². The van der Waals surface area contributed by atoms with Gasteiger partial charge in [-0.25, -0.2) is 15.0 Å². The van der Waals surface area contributed by atoms with Crippen molar-refractivity contribution in [2.45, 2.75) is 5.91 Å². The number of nitrogens with zero attached hydrogens (tertiary/aromatic N) is 3. The van der Waals surface area contributed by atoms with Crippen LogP contribution in [0.4, 0.5) is 0 Å². The van der Waals surface area contributed by atoms with Crippen molar-refractivity contribution in [3.05, 3.63) is 0 Å². The summed E-state index contributed by atoms with van der Waals surface area (Å²) in [6.45, 7) is 0. The molecule has 0 saturated carbocycles. The number of amidine groups is 1. The summed E-state index contributed by atoms with van der Waals surface area (Å²) >= 11 is 4.93. The molecule has 0 amide bonds. The molecule has 0 aromatic rings. The number of hydrogen-bond donors (Lipinski definition) is 3. The zero-order chi connectivity index (χ0) is 8.77. The topological polar surface area (TPSA) is 101 Å². The molecular weight excluding hydrogens is 176 g/mol. The second-order valence-electron chi connectivity index (χ2n) is 2.44. The summed E-state index contributed by atoms with van der Waals surface area (Å²) < 4.78 is 0. The molecule has 2 aliphatic heterocycles. The average Bonchev–Trinajstić information content (AvgIpc) is 2.31. The predicted molar refractivity (Wildman–Crippen MR) is 50.2 cm³/mol. The molecule has 2 rings (SSSR count). The molecule has 2 heterocycles. The van der Waals surface area contributed by atoms with Crippen LogP contribution in [-0.2, 0) is 0 Å². The summed E-state index contributed by atoms with van der Waals surface area (Å²) in [5.41, 5.74) is 11.5. The van der Waals surface area contributed by atoms with Crippen molar-refractivity contribution in [2.24, 2.45) is 26.4 Å². The second-order valence-corrected chi connectivity index (χ2v) is 2.85. The van der Waals surface area contributed by atoms with Crippen molar-refractivity contribution in [1.82, 2.24) is 5.32 Å². The van der Waals surface area contributed by atoms with Gasteiger partial charge >= 0.3 is 0 Å². The molecule has 0 spiro atoms. The van der Waals surface area contributed by atoms with Crippen LogP contribution in [-0.4, -0.2) is 28.8 Å². The van der Waals surface area contributed by atoms with Gasteiger partial charge in [0, 0.05) is 0 Å². The third-order valence-corrected chi connectivity index (χ3v) is 1.69. The van der Waals surface area contributed by atoms with Gasteiger partial charge < -0.3 is 5.32 Å². The second kappa shape index (κ2) is 2.16. The molecule has 0 unspecified atom stereocenters. The quantitative estimate of drug-likeness (QED) is 0.308. The first kappa shape index (κ1) is 7.47. The summed E-state index contributed by atoms with van der Waals surface area (Å²) in [5.74, 6) is -0.962. The highest BCUT2D eigenvalue weighted by atomic mass is 32.1. The molecule has 0 aromatic carbocycles. The Balaban J connectivity index is 2.49. The van der Waals surface area contributed by atoms with E-state index in [0.29, 0.717) is 16.5 Å². The fraction of sp³-hybridized carbons (Fsp3) is 0.200. The van der Waals surface area contributed by atoms with Crippen LogP contribution < -0.4 is 16.8 Å². The SMILES string of the molecule is NC1(N)N=C2N=CN=C2C(=S)N1. The molecule has 0 radical (unpaired) electrons. The number of hydrogen-bond acceptors (Lipinski definition) is 6. The van der Waals surface area contributed by atoms with E-state index >= 15 is 0 Å². The maximum atomic E-state index is 5.49. The highest BCUT2D eigenvalue weighted by molar-refractivity contribution is 7.82. The highest BCUT2D eigenvalue weighted by Crippen LogP contribution is 2.06. The minimum Gasteiger partial charge on any atom is -0.325 e. The van der Waals surface area contributed by atoms with Crippen molar-refractivity contribution in [1.29, 1.82) is 0 Å². The summed E-state index contributed by atoms with van der Waals surface area (Å²) in [5, 5.41) is 2.62. The lowest BCUT2D eigenvalue weighted by atomic mass is 10.3. The van der Waals surface area contributed by atoms with Crippen molar-refractivity contribution < 1.29 is 0 Å². The number of fused-ring (bicyclic) bond motifs is 1. The number of nitrogens with one attached hydrogen (secondary N) is 1. The zero-order valence-corrected chi connectivity index (χ0v) is 6.80. The highest BCUT2D eigenvalue weighted by Gasteiger charge is 2.31. The minimum atomic E-state index is -1.35. The fourth-order valence-electron chi connectivity index (χ4n) is 0.946. The summed E-state index contributed by atoms with van der Waals surface area (Å²) in [6, 6.07) is 0. The van der Waals surface area contributed by atoms with Crippen molar-refractivity contribution in [2.75, 3.05) is 0 Å². The molecule has 2 aliphatic rings. The first-order chi connectivity index (χ1) is 5.58. The maximum Gasteiger partial charge on any atom is 0.242 e. The Labute approximate surface area is 73.5 Å². The van der Waals surface area contributed by atoms with Gasteiger partial charge in [-0.3, -0.25) is 11.5 Å². The summed E-state index contributed by atoms with van der Waals surface area (Å²) in [7, 11) is 0. The largest absolute Gasteiger partial charge is 0.325 e. The molecule has 0 aliphatic carbocycles. The number of rotatable bonds is 0. The maximum absolute atomic E-state index is 5.49. The van der Waals surface area contributed by atoms with Crippen LogP contribution in [0.1, 0.15) is 0 Å². The number of nitrogens with two attached hydrogens (primary N) is 2. The molecule has 0 bridgehead atoms. The van der Waals surface area contributed by atoms with Crippen LogP contribution in [0.5, 0.6) is 0 Å². The van der Waals surface area contributed by atoms with Crippen molar-refractivity contribution in [3.8, 4) is 0 Å². The monoisotopic (exact) mass is 182 g/mol. The van der Waals surface area contributed by atoms with E-state index in [2.05, 4.69) is 20.3 Å². The van der Waals surface area contributed by atoms with E-state index in [9.17, 15) is 0 Å². The van der Waals surface area contributed by atoms with Crippen LogP contribution >= 0.6 is 12.2 Å². The molecule has 0 aromatic heterocycles. The summed E-state index contributed by atoms with van der Waals surface area (Å²) in [6.07, 6.45) is 1.36. The van der Waals surface area contributed by atoms with E-state index in [-0.39, 0.29) is 0 Å². The molecule has 7 heteroatoms. The van der Waals surface area contributed by atoms with E-state index < -0.39 is 5.91 Å². The van der Waals surface area contributed by atoms with Gasteiger partial charge in [0.05, 0.1) is 0 Å². The van der Waals surface area contributed by atoms with E-state index in [0.717, 1.165) is 0 Å².